The van der Waals surface area contributed by atoms with Gasteiger partial charge >= 0.3 is 0 Å². The SMILES string of the molecule is CC(c1ccccc1)n1cc(NC(=O)c2cn[nH]c2C2CC2)cn1. The van der Waals surface area contributed by atoms with E-state index in [1.54, 1.807) is 12.4 Å². The van der Waals surface area contributed by atoms with Crippen molar-refractivity contribution in [3.8, 4) is 0 Å². The number of rotatable bonds is 5. The fourth-order valence-electron chi connectivity index (χ4n) is 2.86. The van der Waals surface area contributed by atoms with Crippen LogP contribution in [-0.4, -0.2) is 25.9 Å². The van der Waals surface area contributed by atoms with Crippen LogP contribution in [0.5, 0.6) is 0 Å². The molecular formula is C18H19N5O. The molecule has 1 aliphatic rings. The van der Waals surface area contributed by atoms with Crippen LogP contribution < -0.4 is 5.32 Å². The predicted molar refractivity (Wildman–Crippen MR) is 91.0 cm³/mol. The van der Waals surface area contributed by atoms with Crippen LogP contribution in [0, 0.1) is 0 Å². The fourth-order valence-corrected chi connectivity index (χ4v) is 2.86. The van der Waals surface area contributed by atoms with Gasteiger partial charge in [0.25, 0.3) is 5.91 Å². The summed E-state index contributed by atoms with van der Waals surface area (Å²) in [5.74, 6) is 0.312. The number of benzene rings is 1. The van der Waals surface area contributed by atoms with E-state index >= 15 is 0 Å². The number of anilines is 1. The van der Waals surface area contributed by atoms with E-state index in [2.05, 4.69) is 39.7 Å². The highest BCUT2D eigenvalue weighted by molar-refractivity contribution is 6.04. The molecule has 2 aromatic heterocycles. The van der Waals surface area contributed by atoms with Crippen LogP contribution >= 0.6 is 0 Å². The Balaban J connectivity index is 1.49. The molecule has 0 bridgehead atoms. The molecule has 4 rings (SSSR count). The van der Waals surface area contributed by atoms with E-state index in [1.165, 1.54) is 5.56 Å². The molecular weight excluding hydrogens is 302 g/mol. The summed E-state index contributed by atoms with van der Waals surface area (Å²) in [5.41, 5.74) is 3.42. The van der Waals surface area contributed by atoms with Crippen LogP contribution in [0.15, 0.2) is 48.9 Å². The number of carbonyl (C=O) groups excluding carboxylic acids is 1. The van der Waals surface area contributed by atoms with E-state index in [-0.39, 0.29) is 11.9 Å². The second-order valence-electron chi connectivity index (χ2n) is 6.22. The standard InChI is InChI=1S/C18H19N5O/c1-12(13-5-3-2-4-6-13)23-11-15(9-20-23)21-18(24)16-10-19-22-17(16)14-7-8-14/h2-6,9-12,14H,7-8H2,1H3,(H,19,22)(H,21,24). The zero-order chi connectivity index (χ0) is 16.5. The lowest BCUT2D eigenvalue weighted by molar-refractivity contribution is 0.102. The molecule has 1 fully saturated rings. The van der Waals surface area contributed by atoms with Gasteiger partial charge in [-0.05, 0) is 25.3 Å². The number of nitrogens with one attached hydrogen (secondary N) is 2. The summed E-state index contributed by atoms with van der Waals surface area (Å²) in [6.07, 6.45) is 7.37. The average Bonchev–Trinajstić information content (AvgIpc) is 3.15. The molecule has 6 nitrogen and oxygen atoms in total. The smallest absolute Gasteiger partial charge is 0.259 e. The Labute approximate surface area is 139 Å². The number of hydrogen-bond donors (Lipinski definition) is 2. The van der Waals surface area contributed by atoms with Crippen LogP contribution in [0.25, 0.3) is 0 Å². The van der Waals surface area contributed by atoms with E-state index in [1.807, 2.05) is 29.1 Å². The zero-order valence-electron chi connectivity index (χ0n) is 13.4. The Hall–Kier alpha value is -2.89. The molecule has 0 radical (unpaired) electrons. The van der Waals surface area contributed by atoms with Crippen molar-refractivity contribution >= 4 is 11.6 Å². The largest absolute Gasteiger partial charge is 0.319 e. The summed E-state index contributed by atoms with van der Waals surface area (Å²) >= 11 is 0. The maximum atomic E-state index is 12.5. The van der Waals surface area contributed by atoms with Gasteiger partial charge in [-0.3, -0.25) is 14.6 Å². The molecule has 1 unspecified atom stereocenters. The van der Waals surface area contributed by atoms with Gasteiger partial charge in [-0.15, -0.1) is 0 Å². The van der Waals surface area contributed by atoms with Crippen LogP contribution in [0.2, 0.25) is 0 Å². The lowest BCUT2D eigenvalue weighted by atomic mass is 10.1. The molecule has 0 saturated heterocycles. The first-order chi connectivity index (χ1) is 11.7. The number of amides is 1. The average molecular weight is 321 g/mol. The summed E-state index contributed by atoms with van der Waals surface area (Å²) in [5, 5.41) is 14.2. The van der Waals surface area contributed by atoms with E-state index < -0.39 is 0 Å². The molecule has 2 N–H and O–H groups in total. The van der Waals surface area contributed by atoms with Crippen molar-refractivity contribution in [2.75, 3.05) is 5.32 Å². The van der Waals surface area contributed by atoms with Crippen molar-refractivity contribution in [1.29, 1.82) is 0 Å². The molecule has 1 aliphatic carbocycles. The van der Waals surface area contributed by atoms with E-state index in [4.69, 9.17) is 0 Å². The minimum absolute atomic E-state index is 0.104. The number of aromatic nitrogens is 4. The molecule has 3 aromatic rings. The monoisotopic (exact) mass is 321 g/mol. The Bertz CT molecular complexity index is 847. The second kappa shape index (κ2) is 5.96. The minimum Gasteiger partial charge on any atom is -0.319 e. The molecule has 1 saturated carbocycles. The van der Waals surface area contributed by atoms with Crippen molar-refractivity contribution < 1.29 is 4.79 Å². The number of carbonyl (C=O) groups is 1. The summed E-state index contributed by atoms with van der Waals surface area (Å²) in [6, 6.07) is 10.3. The highest BCUT2D eigenvalue weighted by Gasteiger charge is 2.30. The quantitative estimate of drug-likeness (QED) is 0.756. The van der Waals surface area contributed by atoms with Crippen molar-refractivity contribution in [3.63, 3.8) is 0 Å². The molecule has 1 aromatic carbocycles. The fraction of sp³-hybridized carbons (Fsp3) is 0.278. The first-order valence-electron chi connectivity index (χ1n) is 8.16. The number of nitrogens with zero attached hydrogens (tertiary/aromatic N) is 3. The van der Waals surface area contributed by atoms with Gasteiger partial charge in [0.2, 0.25) is 0 Å². The molecule has 1 atom stereocenters. The molecule has 0 spiro atoms. The molecule has 1 amide bonds. The van der Waals surface area contributed by atoms with Gasteiger partial charge in [0.05, 0.1) is 35.4 Å². The third-order valence-electron chi connectivity index (χ3n) is 4.44. The third kappa shape index (κ3) is 2.82. The van der Waals surface area contributed by atoms with Crippen LogP contribution in [0.1, 0.15) is 53.3 Å². The molecule has 122 valence electrons. The number of hydrogen-bond acceptors (Lipinski definition) is 3. The number of H-pyrrole nitrogens is 1. The molecule has 6 heteroatoms. The lowest BCUT2D eigenvalue weighted by Crippen LogP contribution is -2.13. The van der Waals surface area contributed by atoms with Gasteiger partial charge in [-0.1, -0.05) is 30.3 Å². The van der Waals surface area contributed by atoms with Crippen molar-refractivity contribution in [1.82, 2.24) is 20.0 Å². The normalized spacial score (nSPS) is 15.2. The lowest BCUT2D eigenvalue weighted by Gasteiger charge is -2.12. The minimum atomic E-state index is -0.141. The van der Waals surface area contributed by atoms with Gasteiger partial charge in [-0.25, -0.2) is 0 Å². The van der Waals surface area contributed by atoms with Gasteiger partial charge in [0.15, 0.2) is 0 Å². The van der Waals surface area contributed by atoms with Crippen LogP contribution in [-0.2, 0) is 0 Å². The highest BCUT2D eigenvalue weighted by atomic mass is 16.1. The van der Waals surface area contributed by atoms with Crippen molar-refractivity contribution in [2.45, 2.75) is 31.7 Å². The maximum absolute atomic E-state index is 12.5. The zero-order valence-corrected chi connectivity index (χ0v) is 13.4. The topological polar surface area (TPSA) is 75.6 Å². The summed E-state index contributed by atoms with van der Waals surface area (Å²) in [6.45, 7) is 2.08. The van der Waals surface area contributed by atoms with Crippen molar-refractivity contribution in [3.05, 3.63) is 65.7 Å². The predicted octanol–water partition coefficient (Wildman–Crippen LogP) is 3.35. The maximum Gasteiger partial charge on any atom is 0.259 e. The van der Waals surface area contributed by atoms with Gasteiger partial charge in [0.1, 0.15) is 0 Å². The summed E-state index contributed by atoms with van der Waals surface area (Å²) < 4.78 is 1.85. The Kier molecular flexibility index (Phi) is 3.65. The van der Waals surface area contributed by atoms with Gasteiger partial charge in [-0.2, -0.15) is 10.2 Å². The second-order valence-corrected chi connectivity index (χ2v) is 6.22. The van der Waals surface area contributed by atoms with Crippen LogP contribution in [0.4, 0.5) is 5.69 Å². The van der Waals surface area contributed by atoms with E-state index in [0.717, 1.165) is 18.5 Å². The summed E-state index contributed by atoms with van der Waals surface area (Å²) in [7, 11) is 0. The van der Waals surface area contributed by atoms with E-state index in [0.29, 0.717) is 17.2 Å². The molecule has 0 aliphatic heterocycles. The van der Waals surface area contributed by atoms with E-state index in [9.17, 15) is 4.79 Å². The molecule has 24 heavy (non-hydrogen) atoms. The first-order valence-corrected chi connectivity index (χ1v) is 8.16. The Morgan fingerprint density at radius 1 is 1.29 bits per heavy atom. The molecule has 2 heterocycles. The van der Waals surface area contributed by atoms with Crippen LogP contribution in [0.3, 0.4) is 0 Å². The number of aromatic amines is 1. The van der Waals surface area contributed by atoms with Gasteiger partial charge in [0, 0.05) is 12.1 Å². The first kappa shape index (κ1) is 14.7. The highest BCUT2D eigenvalue weighted by Crippen LogP contribution is 2.40. The van der Waals surface area contributed by atoms with Gasteiger partial charge < -0.3 is 5.32 Å². The van der Waals surface area contributed by atoms with Crippen molar-refractivity contribution in [2.24, 2.45) is 0 Å². The summed E-state index contributed by atoms with van der Waals surface area (Å²) in [4.78, 5) is 12.5. The Morgan fingerprint density at radius 3 is 2.83 bits per heavy atom. The third-order valence-corrected chi connectivity index (χ3v) is 4.44. The Morgan fingerprint density at radius 2 is 2.08 bits per heavy atom.